The number of rotatable bonds is 8. The third kappa shape index (κ3) is 7.35. The van der Waals surface area contributed by atoms with E-state index >= 15 is 0 Å². The van der Waals surface area contributed by atoms with Crippen molar-refractivity contribution in [1.29, 1.82) is 0 Å². The van der Waals surface area contributed by atoms with Gasteiger partial charge in [0.15, 0.2) is 0 Å². The molecule has 0 aromatic carbocycles. The topological polar surface area (TPSA) is 105 Å². The highest BCUT2D eigenvalue weighted by molar-refractivity contribution is 5.66. The number of carbonyl (C=O) groups excluding carboxylic acids is 2. The summed E-state index contributed by atoms with van der Waals surface area (Å²) in [6, 6.07) is 0. The van der Waals surface area contributed by atoms with Crippen LogP contribution in [-0.4, -0.2) is 59.9 Å². The van der Waals surface area contributed by atoms with Crippen molar-refractivity contribution in [1.82, 2.24) is 0 Å². The van der Waals surface area contributed by atoms with Crippen molar-refractivity contribution in [3.63, 3.8) is 0 Å². The molecule has 1 fully saturated rings. The lowest BCUT2D eigenvalue weighted by Crippen LogP contribution is -2.61. The molecule has 0 saturated heterocycles. The number of ether oxygens (including phenoxy) is 2. The maximum Gasteiger partial charge on any atom is 0.425 e. The number of halogens is 12. The van der Waals surface area contributed by atoms with E-state index in [0.717, 1.165) is 6.92 Å². The molecule has 18 heteroatoms. The average Bonchev–Trinajstić information content (AvgIpc) is 2.60. The summed E-state index contributed by atoms with van der Waals surface area (Å²) in [6.07, 6.45) is -33.9. The molecule has 0 aromatic heterocycles. The summed E-state index contributed by atoms with van der Waals surface area (Å²) < 4.78 is 169. The maximum atomic E-state index is 14.3. The molecule has 5 atom stereocenters. The molecular weight excluding hydrogens is 524 g/mol. The Labute approximate surface area is 189 Å². The van der Waals surface area contributed by atoms with Gasteiger partial charge in [-0.15, -0.1) is 0 Å². The third-order valence-corrected chi connectivity index (χ3v) is 5.58. The van der Waals surface area contributed by atoms with Crippen LogP contribution in [0.3, 0.4) is 0 Å². The first kappa shape index (κ1) is 30.7. The summed E-state index contributed by atoms with van der Waals surface area (Å²) in [5.41, 5.74) is 3.35. The number of nitrogens with two attached hydrogens (primary N) is 2. The normalized spacial score (nSPS) is 28.2. The highest BCUT2D eigenvalue weighted by Gasteiger charge is 2.66. The molecule has 0 aromatic rings. The summed E-state index contributed by atoms with van der Waals surface area (Å²) in [5.74, 6) is -12.3. The number of primary amides is 2. The van der Waals surface area contributed by atoms with E-state index in [-0.39, 0.29) is 0 Å². The molecule has 0 aliphatic heterocycles. The van der Waals surface area contributed by atoms with E-state index in [4.69, 9.17) is 11.5 Å². The van der Waals surface area contributed by atoms with Gasteiger partial charge in [-0.2, -0.15) is 26.3 Å². The third-order valence-electron chi connectivity index (χ3n) is 5.58. The van der Waals surface area contributed by atoms with Crippen LogP contribution in [0, 0.1) is 5.92 Å². The summed E-state index contributed by atoms with van der Waals surface area (Å²) in [5, 5.41) is 0. The molecule has 6 nitrogen and oxygen atoms in total. The molecule has 1 rings (SSSR count). The van der Waals surface area contributed by atoms with Gasteiger partial charge in [0.05, 0.1) is 12.8 Å². The lowest BCUT2D eigenvalue weighted by atomic mass is 9.64. The second-order valence-electron chi connectivity index (χ2n) is 8.39. The zero-order chi connectivity index (χ0) is 27.8. The molecule has 35 heavy (non-hydrogen) atoms. The van der Waals surface area contributed by atoms with Crippen LogP contribution in [0.5, 0.6) is 0 Å². The number of amides is 2. The van der Waals surface area contributed by atoms with E-state index in [9.17, 15) is 62.3 Å². The minimum absolute atomic E-state index is 0.724. The average molecular weight is 544 g/mol. The fourth-order valence-corrected chi connectivity index (χ4v) is 4.13. The van der Waals surface area contributed by atoms with E-state index < -0.39 is 98.0 Å². The van der Waals surface area contributed by atoms with Crippen LogP contribution in [0.2, 0.25) is 0 Å². The van der Waals surface area contributed by atoms with Crippen molar-refractivity contribution < 1.29 is 71.7 Å². The zero-order valence-electron chi connectivity index (χ0n) is 17.6. The largest absolute Gasteiger partial charge is 0.443 e. The van der Waals surface area contributed by atoms with Gasteiger partial charge in [-0.3, -0.25) is 0 Å². The van der Waals surface area contributed by atoms with E-state index in [1.807, 2.05) is 0 Å². The molecule has 0 radical (unpaired) electrons. The highest BCUT2D eigenvalue weighted by atomic mass is 19.4. The molecular formula is C17H20F12N2O4. The maximum absolute atomic E-state index is 14.3. The Bertz CT molecular complexity index is 790. The Morgan fingerprint density at radius 1 is 0.829 bits per heavy atom. The van der Waals surface area contributed by atoms with Gasteiger partial charge in [-0.05, 0) is 18.8 Å². The van der Waals surface area contributed by atoms with Crippen LogP contribution in [0.4, 0.5) is 62.3 Å². The molecule has 5 unspecified atom stereocenters. The monoisotopic (exact) mass is 544 g/mol. The predicted octanol–water partition coefficient (Wildman–Crippen LogP) is 5.33. The fraction of sp³-hybridized carbons (Fsp3) is 0.882. The second kappa shape index (κ2) is 9.63. The number of hydrogen-bond donors (Lipinski definition) is 2. The molecule has 0 spiro atoms. The van der Waals surface area contributed by atoms with Gasteiger partial charge in [0.2, 0.25) is 0 Å². The standard InChI is InChI=1S/C17H20F12N2O4/c1-7-2-3-12(34-10(30)32,5-14(20,21)8(18)16(24,25)26)4-13(7,35-11(31)33)6-15(22,23)9(19)17(27,28)29/h7-9H,2-6H2,1H3,(H2,30,32)(H2,31,33). The Hall–Kier alpha value is -2.30. The van der Waals surface area contributed by atoms with Gasteiger partial charge < -0.3 is 20.9 Å². The summed E-state index contributed by atoms with van der Waals surface area (Å²) in [6.45, 7) is 0.944. The van der Waals surface area contributed by atoms with Gasteiger partial charge in [-0.1, -0.05) is 6.92 Å². The molecule has 4 N–H and O–H groups in total. The summed E-state index contributed by atoms with van der Waals surface area (Å²) in [4.78, 5) is 22.7. The minimum Gasteiger partial charge on any atom is -0.443 e. The fourth-order valence-electron chi connectivity index (χ4n) is 4.13. The number of alkyl halides is 12. The first-order valence-corrected chi connectivity index (χ1v) is 9.53. The molecule has 206 valence electrons. The van der Waals surface area contributed by atoms with Gasteiger partial charge in [-0.25, -0.2) is 35.9 Å². The van der Waals surface area contributed by atoms with Crippen LogP contribution in [0.1, 0.15) is 39.0 Å². The van der Waals surface area contributed by atoms with E-state index in [0.29, 0.717) is 0 Å². The first-order valence-electron chi connectivity index (χ1n) is 9.53. The highest BCUT2D eigenvalue weighted by Crippen LogP contribution is 2.54. The van der Waals surface area contributed by atoms with E-state index in [2.05, 4.69) is 9.47 Å². The predicted molar refractivity (Wildman–Crippen MR) is 90.8 cm³/mol. The van der Waals surface area contributed by atoms with E-state index in [1.165, 1.54) is 0 Å². The molecule has 2 amide bonds. The van der Waals surface area contributed by atoms with E-state index in [1.54, 1.807) is 0 Å². The van der Waals surface area contributed by atoms with Crippen LogP contribution in [0.15, 0.2) is 0 Å². The smallest absolute Gasteiger partial charge is 0.425 e. The van der Waals surface area contributed by atoms with Gasteiger partial charge >= 0.3 is 24.5 Å². The zero-order valence-corrected chi connectivity index (χ0v) is 17.6. The number of carbonyl (C=O) groups is 2. The van der Waals surface area contributed by atoms with Crippen molar-refractivity contribution in [2.75, 3.05) is 0 Å². The first-order chi connectivity index (χ1) is 15.4. The Balaban J connectivity index is 3.60. The Morgan fingerprint density at radius 3 is 1.60 bits per heavy atom. The summed E-state index contributed by atoms with van der Waals surface area (Å²) in [7, 11) is 0. The van der Waals surface area contributed by atoms with Crippen molar-refractivity contribution in [3.05, 3.63) is 0 Å². The molecule has 0 heterocycles. The van der Waals surface area contributed by atoms with Crippen LogP contribution < -0.4 is 11.5 Å². The Kier molecular flexibility index (Phi) is 8.46. The van der Waals surface area contributed by atoms with Crippen molar-refractivity contribution in [2.45, 2.75) is 86.8 Å². The Morgan fingerprint density at radius 2 is 1.23 bits per heavy atom. The summed E-state index contributed by atoms with van der Waals surface area (Å²) >= 11 is 0. The molecule has 1 saturated carbocycles. The van der Waals surface area contributed by atoms with Crippen molar-refractivity contribution in [2.24, 2.45) is 17.4 Å². The molecule has 1 aliphatic rings. The van der Waals surface area contributed by atoms with Crippen LogP contribution >= 0.6 is 0 Å². The van der Waals surface area contributed by atoms with Crippen molar-refractivity contribution in [3.8, 4) is 0 Å². The van der Waals surface area contributed by atoms with Gasteiger partial charge in [0.1, 0.15) is 11.2 Å². The van der Waals surface area contributed by atoms with Crippen LogP contribution in [-0.2, 0) is 9.47 Å². The second-order valence-corrected chi connectivity index (χ2v) is 8.39. The quantitative estimate of drug-likeness (QED) is 0.404. The molecule has 0 bridgehead atoms. The van der Waals surface area contributed by atoms with Gasteiger partial charge in [0.25, 0.3) is 24.2 Å². The van der Waals surface area contributed by atoms with Gasteiger partial charge in [0, 0.05) is 6.42 Å². The lowest BCUT2D eigenvalue weighted by Gasteiger charge is -2.51. The van der Waals surface area contributed by atoms with Crippen molar-refractivity contribution >= 4 is 12.2 Å². The SMILES string of the molecule is CC1CCC(CC(F)(F)C(F)C(F)(F)F)(OC(N)=O)CC1(CC(F)(F)C(F)C(F)(F)F)OC(N)=O. The van der Waals surface area contributed by atoms with Crippen LogP contribution in [0.25, 0.3) is 0 Å². The lowest BCUT2D eigenvalue weighted by molar-refractivity contribution is -0.270. The minimum atomic E-state index is -6.14. The number of hydrogen-bond acceptors (Lipinski definition) is 4. The molecule has 1 aliphatic carbocycles.